The van der Waals surface area contributed by atoms with Crippen LogP contribution in [0.4, 0.5) is 17.2 Å². The number of methoxy groups -OCH3 is 1. The first-order valence-electron chi connectivity index (χ1n) is 10.9. The summed E-state index contributed by atoms with van der Waals surface area (Å²) in [4.78, 5) is 34.8. The van der Waals surface area contributed by atoms with Crippen LogP contribution in [0.25, 0.3) is 11.1 Å². The van der Waals surface area contributed by atoms with Crippen molar-refractivity contribution in [3.63, 3.8) is 0 Å². The number of benzene rings is 2. The second-order valence-corrected chi connectivity index (χ2v) is 7.98. The molecule has 4 aromatic rings. The third kappa shape index (κ3) is 5.80. The number of amides is 2. The molecule has 0 atom stereocenters. The lowest BCUT2D eigenvalue weighted by Crippen LogP contribution is -2.21. The van der Waals surface area contributed by atoms with Gasteiger partial charge in [0.1, 0.15) is 11.6 Å². The molecule has 0 aliphatic rings. The van der Waals surface area contributed by atoms with E-state index < -0.39 is 0 Å². The average Bonchev–Trinajstić information content (AvgIpc) is 2.89. The highest BCUT2D eigenvalue weighted by Crippen LogP contribution is 2.23. The van der Waals surface area contributed by atoms with E-state index in [1.54, 1.807) is 87.2 Å². The van der Waals surface area contributed by atoms with Gasteiger partial charge in [0.2, 0.25) is 0 Å². The molecule has 2 heterocycles. The third-order valence-corrected chi connectivity index (χ3v) is 5.26. The Bertz CT molecular complexity index is 1320. The molecular formula is C27H25N5O3. The minimum atomic E-state index is -0.243. The molecule has 0 radical (unpaired) electrons. The monoisotopic (exact) mass is 467 g/mol. The highest BCUT2D eigenvalue weighted by Gasteiger charge is 2.09. The zero-order valence-corrected chi connectivity index (χ0v) is 19.6. The number of hydrogen-bond acceptors (Lipinski definition) is 6. The molecule has 4 rings (SSSR count). The van der Waals surface area contributed by atoms with Gasteiger partial charge < -0.3 is 20.3 Å². The standard InChI is InChI=1S/C27H25N5O3/c1-32(2)27(34)20-6-4-18(5-7-20)21-10-13-25(29-15-21)30-22-14-23(17-28-16-22)31-26(33)19-8-11-24(35-3)12-9-19/h4-17H,1-3H3,(H,29,30)(H,31,33). The fourth-order valence-corrected chi connectivity index (χ4v) is 3.37. The molecule has 2 N–H and O–H groups in total. The molecule has 8 heteroatoms. The largest absolute Gasteiger partial charge is 0.497 e. The van der Waals surface area contributed by atoms with Crippen LogP contribution in [0.3, 0.4) is 0 Å². The predicted octanol–water partition coefficient (Wildman–Crippen LogP) is 4.85. The number of nitrogens with one attached hydrogen (secondary N) is 2. The Morgan fingerprint density at radius 2 is 1.46 bits per heavy atom. The molecule has 0 saturated carbocycles. The lowest BCUT2D eigenvalue weighted by Gasteiger charge is -2.11. The second kappa shape index (κ2) is 10.5. The van der Waals surface area contributed by atoms with Crippen molar-refractivity contribution in [2.24, 2.45) is 0 Å². The van der Waals surface area contributed by atoms with Gasteiger partial charge in [-0.05, 0) is 60.2 Å². The Hall–Kier alpha value is -4.72. The van der Waals surface area contributed by atoms with E-state index >= 15 is 0 Å². The number of anilines is 3. The van der Waals surface area contributed by atoms with Crippen LogP contribution in [-0.4, -0.2) is 47.9 Å². The molecule has 0 unspecified atom stereocenters. The van der Waals surface area contributed by atoms with E-state index in [1.807, 2.05) is 24.3 Å². The van der Waals surface area contributed by atoms with Gasteiger partial charge in [-0.15, -0.1) is 0 Å². The van der Waals surface area contributed by atoms with Crippen LogP contribution in [0.5, 0.6) is 5.75 Å². The van der Waals surface area contributed by atoms with Gasteiger partial charge in [0.05, 0.1) is 30.9 Å². The van der Waals surface area contributed by atoms with Crippen molar-refractivity contribution >= 4 is 29.0 Å². The predicted molar refractivity (Wildman–Crippen MR) is 136 cm³/mol. The molecule has 0 fully saturated rings. The molecule has 8 nitrogen and oxygen atoms in total. The summed E-state index contributed by atoms with van der Waals surface area (Å²) in [6.45, 7) is 0. The molecule has 35 heavy (non-hydrogen) atoms. The topological polar surface area (TPSA) is 96.4 Å². The number of pyridine rings is 2. The molecule has 0 spiro atoms. The molecule has 176 valence electrons. The summed E-state index contributed by atoms with van der Waals surface area (Å²) in [5.41, 5.74) is 4.28. The van der Waals surface area contributed by atoms with Gasteiger partial charge in [0.25, 0.3) is 11.8 Å². The quantitative estimate of drug-likeness (QED) is 0.403. The van der Waals surface area contributed by atoms with Crippen LogP contribution >= 0.6 is 0 Å². The number of nitrogens with zero attached hydrogens (tertiary/aromatic N) is 3. The molecule has 0 aliphatic heterocycles. The van der Waals surface area contributed by atoms with Gasteiger partial charge in [0.15, 0.2) is 0 Å². The molecular weight excluding hydrogens is 442 g/mol. The van der Waals surface area contributed by atoms with Crippen LogP contribution in [-0.2, 0) is 0 Å². The van der Waals surface area contributed by atoms with Gasteiger partial charge in [-0.3, -0.25) is 14.6 Å². The summed E-state index contributed by atoms with van der Waals surface area (Å²) in [6, 6.07) is 19.9. The SMILES string of the molecule is COc1ccc(C(=O)Nc2cncc(Nc3ccc(-c4ccc(C(=O)N(C)C)cc4)cn3)c2)cc1. The zero-order valence-electron chi connectivity index (χ0n) is 19.6. The van der Waals surface area contributed by atoms with Gasteiger partial charge in [0, 0.05) is 37.0 Å². The van der Waals surface area contributed by atoms with Gasteiger partial charge >= 0.3 is 0 Å². The smallest absolute Gasteiger partial charge is 0.255 e. The van der Waals surface area contributed by atoms with Gasteiger partial charge in [-0.1, -0.05) is 12.1 Å². The van der Waals surface area contributed by atoms with Crippen LogP contribution in [0, 0.1) is 0 Å². The second-order valence-electron chi connectivity index (χ2n) is 7.98. The minimum absolute atomic E-state index is 0.0368. The Labute approximate surface area is 203 Å². The van der Waals surface area contributed by atoms with Crippen molar-refractivity contribution in [1.82, 2.24) is 14.9 Å². The van der Waals surface area contributed by atoms with Crippen molar-refractivity contribution in [3.05, 3.63) is 96.4 Å². The maximum atomic E-state index is 12.5. The number of aromatic nitrogens is 2. The number of ether oxygens (including phenoxy) is 1. The van der Waals surface area contributed by atoms with Crippen LogP contribution in [0.1, 0.15) is 20.7 Å². The summed E-state index contributed by atoms with van der Waals surface area (Å²) < 4.78 is 5.12. The summed E-state index contributed by atoms with van der Waals surface area (Å²) in [5.74, 6) is 1.04. The first kappa shape index (κ1) is 23.4. The van der Waals surface area contributed by atoms with E-state index in [9.17, 15) is 9.59 Å². The first-order chi connectivity index (χ1) is 16.9. The summed E-state index contributed by atoms with van der Waals surface area (Å²) in [5, 5.41) is 6.04. The highest BCUT2D eigenvalue weighted by atomic mass is 16.5. The van der Waals surface area contributed by atoms with E-state index in [4.69, 9.17) is 4.74 Å². The van der Waals surface area contributed by atoms with E-state index in [0.717, 1.165) is 11.1 Å². The number of carbonyl (C=O) groups excluding carboxylic acids is 2. The molecule has 2 amide bonds. The van der Waals surface area contributed by atoms with Crippen molar-refractivity contribution in [2.75, 3.05) is 31.8 Å². The summed E-state index contributed by atoms with van der Waals surface area (Å²) >= 11 is 0. The number of carbonyl (C=O) groups is 2. The average molecular weight is 468 g/mol. The van der Waals surface area contributed by atoms with Gasteiger partial charge in [-0.2, -0.15) is 0 Å². The van der Waals surface area contributed by atoms with Crippen molar-refractivity contribution in [2.45, 2.75) is 0 Å². The maximum absolute atomic E-state index is 12.5. The fraction of sp³-hybridized carbons (Fsp3) is 0.111. The molecule has 2 aromatic carbocycles. The molecule has 0 bridgehead atoms. The maximum Gasteiger partial charge on any atom is 0.255 e. The molecule has 2 aromatic heterocycles. The Balaban J connectivity index is 1.41. The fourth-order valence-electron chi connectivity index (χ4n) is 3.37. The third-order valence-electron chi connectivity index (χ3n) is 5.26. The Morgan fingerprint density at radius 1 is 0.800 bits per heavy atom. The van der Waals surface area contributed by atoms with Gasteiger partial charge in [-0.25, -0.2) is 4.98 Å². The first-order valence-corrected chi connectivity index (χ1v) is 10.9. The Kier molecular flexibility index (Phi) is 7.02. The molecule has 0 aliphatic carbocycles. The zero-order chi connectivity index (χ0) is 24.8. The molecule has 0 saturated heterocycles. The van der Waals surface area contributed by atoms with E-state index in [0.29, 0.717) is 34.1 Å². The number of rotatable bonds is 7. The highest BCUT2D eigenvalue weighted by molar-refractivity contribution is 6.04. The van der Waals surface area contributed by atoms with Crippen molar-refractivity contribution in [3.8, 4) is 16.9 Å². The van der Waals surface area contributed by atoms with E-state index in [-0.39, 0.29) is 11.8 Å². The summed E-state index contributed by atoms with van der Waals surface area (Å²) in [6.07, 6.45) is 4.99. The van der Waals surface area contributed by atoms with E-state index in [2.05, 4.69) is 20.6 Å². The summed E-state index contributed by atoms with van der Waals surface area (Å²) in [7, 11) is 5.03. The van der Waals surface area contributed by atoms with Crippen LogP contribution in [0.2, 0.25) is 0 Å². The normalized spacial score (nSPS) is 10.4. The lowest BCUT2D eigenvalue weighted by molar-refractivity contribution is 0.0827. The van der Waals surface area contributed by atoms with E-state index in [1.165, 1.54) is 0 Å². The van der Waals surface area contributed by atoms with Crippen molar-refractivity contribution < 1.29 is 14.3 Å². The number of hydrogen-bond donors (Lipinski definition) is 2. The van der Waals surface area contributed by atoms with Crippen molar-refractivity contribution in [1.29, 1.82) is 0 Å². The minimum Gasteiger partial charge on any atom is -0.497 e. The Morgan fingerprint density at radius 3 is 2.09 bits per heavy atom. The van der Waals surface area contributed by atoms with Crippen LogP contribution < -0.4 is 15.4 Å². The van der Waals surface area contributed by atoms with Crippen LogP contribution in [0.15, 0.2) is 85.3 Å². The lowest BCUT2D eigenvalue weighted by atomic mass is 10.1.